The van der Waals surface area contributed by atoms with Crippen molar-refractivity contribution in [2.24, 2.45) is 0 Å². The van der Waals surface area contributed by atoms with Crippen LogP contribution in [0.2, 0.25) is 0 Å². The second kappa shape index (κ2) is 5.63. The van der Waals surface area contributed by atoms with Gasteiger partial charge in [-0.15, -0.1) is 11.3 Å². The summed E-state index contributed by atoms with van der Waals surface area (Å²) in [5.74, 6) is 0. The second-order valence-corrected chi connectivity index (χ2v) is 4.70. The average Bonchev–Trinajstić information content (AvgIpc) is 2.62. The Morgan fingerprint density at radius 1 is 1.50 bits per heavy atom. The molecule has 16 heavy (non-hydrogen) atoms. The lowest BCUT2D eigenvalue weighted by Crippen LogP contribution is -2.16. The van der Waals surface area contributed by atoms with Crippen LogP contribution in [0.5, 0.6) is 0 Å². The number of halogens is 3. The minimum atomic E-state index is -4.10. The number of aryl methyl sites for hydroxylation is 1. The number of hydrogen-bond donors (Lipinski definition) is 1. The molecule has 1 unspecified atom stereocenters. The standard InChI is InChI=1S/C10H15F3N2S/c1-3-14-7(2)8-6-15-9(16-8)4-5-10(11,12)13/h6-7,14H,3-5H2,1-2H3. The highest BCUT2D eigenvalue weighted by Crippen LogP contribution is 2.26. The molecule has 1 heterocycles. The van der Waals surface area contributed by atoms with Gasteiger partial charge in [-0.2, -0.15) is 13.2 Å². The third kappa shape index (κ3) is 4.49. The molecule has 0 radical (unpaired) electrons. The summed E-state index contributed by atoms with van der Waals surface area (Å²) in [6.45, 7) is 4.80. The maximum Gasteiger partial charge on any atom is 0.389 e. The number of aromatic nitrogens is 1. The summed E-state index contributed by atoms with van der Waals surface area (Å²) in [4.78, 5) is 4.99. The Balaban J connectivity index is 2.51. The van der Waals surface area contributed by atoms with Gasteiger partial charge in [0.05, 0.1) is 5.01 Å². The van der Waals surface area contributed by atoms with Crippen LogP contribution in [0.1, 0.15) is 36.2 Å². The van der Waals surface area contributed by atoms with Crippen molar-refractivity contribution in [2.45, 2.75) is 38.9 Å². The molecule has 6 heteroatoms. The maximum atomic E-state index is 12.0. The number of nitrogens with one attached hydrogen (secondary N) is 1. The number of thiazole rings is 1. The third-order valence-electron chi connectivity index (χ3n) is 2.13. The fourth-order valence-corrected chi connectivity index (χ4v) is 2.24. The quantitative estimate of drug-likeness (QED) is 0.869. The third-order valence-corrected chi connectivity index (χ3v) is 3.37. The lowest BCUT2D eigenvalue weighted by molar-refractivity contribution is -0.133. The smallest absolute Gasteiger partial charge is 0.310 e. The lowest BCUT2D eigenvalue weighted by Gasteiger charge is -2.08. The van der Waals surface area contributed by atoms with Gasteiger partial charge >= 0.3 is 6.18 Å². The van der Waals surface area contributed by atoms with E-state index in [9.17, 15) is 13.2 Å². The van der Waals surface area contributed by atoms with Crippen molar-refractivity contribution in [2.75, 3.05) is 6.54 Å². The molecule has 0 saturated carbocycles. The average molecular weight is 252 g/mol. The van der Waals surface area contributed by atoms with E-state index in [0.29, 0.717) is 5.01 Å². The first-order valence-corrected chi connectivity index (χ1v) is 5.98. The molecular weight excluding hydrogens is 237 g/mol. The number of nitrogens with zero attached hydrogens (tertiary/aromatic N) is 1. The molecule has 0 aliphatic carbocycles. The maximum absolute atomic E-state index is 12.0. The van der Waals surface area contributed by atoms with Gasteiger partial charge < -0.3 is 5.32 Å². The van der Waals surface area contributed by atoms with E-state index in [1.807, 2.05) is 13.8 Å². The Kier molecular flexibility index (Phi) is 4.73. The van der Waals surface area contributed by atoms with Gasteiger partial charge in [-0.05, 0) is 13.5 Å². The fraction of sp³-hybridized carbons (Fsp3) is 0.700. The Hall–Kier alpha value is -0.620. The fourth-order valence-electron chi connectivity index (χ4n) is 1.30. The zero-order valence-corrected chi connectivity index (χ0v) is 10.1. The molecule has 0 amide bonds. The van der Waals surface area contributed by atoms with Crippen LogP contribution in [-0.4, -0.2) is 17.7 Å². The van der Waals surface area contributed by atoms with Gasteiger partial charge in [0.25, 0.3) is 0 Å². The van der Waals surface area contributed by atoms with Gasteiger partial charge in [0.2, 0.25) is 0 Å². The Morgan fingerprint density at radius 2 is 2.19 bits per heavy atom. The predicted molar refractivity (Wildman–Crippen MR) is 58.6 cm³/mol. The van der Waals surface area contributed by atoms with E-state index in [4.69, 9.17) is 0 Å². The highest BCUT2D eigenvalue weighted by Gasteiger charge is 2.27. The molecule has 0 saturated heterocycles. The highest BCUT2D eigenvalue weighted by atomic mass is 32.1. The van der Waals surface area contributed by atoms with Crippen molar-refractivity contribution >= 4 is 11.3 Å². The first kappa shape index (κ1) is 13.4. The molecule has 1 aromatic rings. The second-order valence-electron chi connectivity index (χ2n) is 3.55. The monoisotopic (exact) mass is 252 g/mol. The van der Waals surface area contributed by atoms with Gasteiger partial charge in [0, 0.05) is 30.0 Å². The van der Waals surface area contributed by atoms with Crippen LogP contribution >= 0.6 is 11.3 Å². The number of hydrogen-bond acceptors (Lipinski definition) is 3. The molecule has 2 nitrogen and oxygen atoms in total. The highest BCUT2D eigenvalue weighted by molar-refractivity contribution is 7.11. The number of rotatable bonds is 5. The van der Waals surface area contributed by atoms with E-state index >= 15 is 0 Å². The van der Waals surface area contributed by atoms with E-state index < -0.39 is 12.6 Å². The minimum absolute atomic E-state index is 0.0208. The normalized spacial score (nSPS) is 14.1. The summed E-state index contributed by atoms with van der Waals surface area (Å²) < 4.78 is 36.0. The summed E-state index contributed by atoms with van der Waals surface area (Å²) in [6.07, 6.45) is -3.26. The predicted octanol–water partition coefficient (Wildman–Crippen LogP) is 3.31. The largest absolute Gasteiger partial charge is 0.389 e. The Labute approximate surface area is 96.9 Å². The van der Waals surface area contributed by atoms with E-state index in [2.05, 4.69) is 10.3 Å². The van der Waals surface area contributed by atoms with Crippen LogP contribution in [0.15, 0.2) is 6.20 Å². The molecule has 0 aromatic carbocycles. The molecule has 0 bridgehead atoms. The van der Waals surface area contributed by atoms with Crippen molar-refractivity contribution in [3.63, 3.8) is 0 Å². The van der Waals surface area contributed by atoms with Crippen LogP contribution in [0.25, 0.3) is 0 Å². The van der Waals surface area contributed by atoms with Crippen molar-refractivity contribution in [3.8, 4) is 0 Å². The van der Waals surface area contributed by atoms with Gasteiger partial charge in [-0.3, -0.25) is 0 Å². The van der Waals surface area contributed by atoms with Crippen molar-refractivity contribution < 1.29 is 13.2 Å². The summed E-state index contributed by atoms with van der Waals surface area (Å²) in [6, 6.07) is 0.155. The molecule has 1 aromatic heterocycles. The SMILES string of the molecule is CCNC(C)c1cnc(CCC(F)(F)F)s1. The molecule has 0 fully saturated rings. The minimum Gasteiger partial charge on any atom is -0.310 e. The Bertz CT molecular complexity index is 322. The van der Waals surface area contributed by atoms with Gasteiger partial charge in [-0.25, -0.2) is 4.98 Å². The van der Waals surface area contributed by atoms with Crippen LogP contribution in [-0.2, 0) is 6.42 Å². The molecule has 1 atom stereocenters. The van der Waals surface area contributed by atoms with Crippen LogP contribution in [0, 0.1) is 0 Å². The van der Waals surface area contributed by atoms with E-state index in [0.717, 1.165) is 11.4 Å². The van der Waals surface area contributed by atoms with Gasteiger partial charge in [0.1, 0.15) is 0 Å². The first-order chi connectivity index (χ1) is 7.42. The first-order valence-electron chi connectivity index (χ1n) is 5.17. The molecular formula is C10H15F3N2S. The summed E-state index contributed by atoms with van der Waals surface area (Å²) >= 11 is 1.35. The molecule has 1 N–H and O–H groups in total. The molecule has 92 valence electrons. The topological polar surface area (TPSA) is 24.9 Å². The van der Waals surface area contributed by atoms with Crippen LogP contribution in [0.4, 0.5) is 13.2 Å². The van der Waals surface area contributed by atoms with Crippen molar-refractivity contribution in [1.82, 2.24) is 10.3 Å². The van der Waals surface area contributed by atoms with E-state index in [1.165, 1.54) is 11.3 Å². The lowest BCUT2D eigenvalue weighted by atomic mass is 10.3. The molecule has 0 aliphatic heterocycles. The summed E-state index contributed by atoms with van der Waals surface area (Å²) in [7, 11) is 0. The molecule has 0 spiro atoms. The van der Waals surface area contributed by atoms with E-state index in [-0.39, 0.29) is 12.5 Å². The zero-order chi connectivity index (χ0) is 12.2. The molecule has 0 aliphatic rings. The van der Waals surface area contributed by atoms with Gasteiger partial charge in [-0.1, -0.05) is 6.92 Å². The summed E-state index contributed by atoms with van der Waals surface area (Å²) in [5.41, 5.74) is 0. The van der Waals surface area contributed by atoms with Crippen LogP contribution in [0.3, 0.4) is 0 Å². The Morgan fingerprint density at radius 3 is 2.75 bits per heavy atom. The molecule has 1 rings (SSSR count). The van der Waals surface area contributed by atoms with Crippen molar-refractivity contribution in [1.29, 1.82) is 0 Å². The van der Waals surface area contributed by atoms with E-state index in [1.54, 1.807) is 6.20 Å². The number of alkyl halides is 3. The van der Waals surface area contributed by atoms with Crippen LogP contribution < -0.4 is 5.32 Å². The summed E-state index contributed by atoms with van der Waals surface area (Å²) in [5, 5.41) is 3.75. The zero-order valence-electron chi connectivity index (χ0n) is 9.27. The van der Waals surface area contributed by atoms with Crippen molar-refractivity contribution in [3.05, 3.63) is 16.1 Å². The van der Waals surface area contributed by atoms with Gasteiger partial charge in [0.15, 0.2) is 0 Å².